The first-order valence-electron chi connectivity index (χ1n) is 16.5. The first-order valence-corrected chi connectivity index (χ1v) is 19.1. The van der Waals surface area contributed by atoms with Crippen molar-refractivity contribution >= 4 is 54.1 Å². The van der Waals surface area contributed by atoms with Crippen LogP contribution in [0.5, 0.6) is 0 Å². The molecule has 276 valence electrons. The second-order valence-corrected chi connectivity index (χ2v) is 15.9. The number of nitrogens with two attached hydrogens (primary N) is 1. The maximum absolute atomic E-state index is 12.3. The number of carbonyl (C=O) groups is 2. The molecule has 2 atom stereocenters. The number of H-pyrrole nitrogens is 2. The molecule has 0 aliphatic carbocycles. The van der Waals surface area contributed by atoms with Gasteiger partial charge in [0.15, 0.2) is 6.23 Å². The van der Waals surface area contributed by atoms with Crippen molar-refractivity contribution in [2.45, 2.75) is 71.1 Å². The molecule has 0 spiro atoms. The fourth-order valence-corrected chi connectivity index (χ4v) is 6.79. The average molecular weight is 842 g/mol. The first-order chi connectivity index (χ1) is 24.9. The van der Waals surface area contributed by atoms with E-state index >= 15 is 0 Å². The summed E-state index contributed by atoms with van der Waals surface area (Å²) < 4.78 is 13.3. The fraction of sp³-hybridized carbons (Fsp3) is 0.343. The van der Waals surface area contributed by atoms with Crippen molar-refractivity contribution in [1.29, 1.82) is 0 Å². The molecule has 52 heavy (non-hydrogen) atoms. The SMILES string of the molecule is CB(O)NC(Cc1cnc[nH]1)OC=O.CC(C)(C)OC(=O)NC(Cc1cnc[nH]1)c1nnc(Cc2ccccc2)[se]1.NCC(=[Se])Cc1ccccc1. The number of carbonyl (C=O) groups excluding carboxylic acids is 2. The molecule has 7 N–H and O–H groups in total. The summed E-state index contributed by atoms with van der Waals surface area (Å²) in [6, 6.07) is 20.2. The molecular weight excluding hydrogens is 795 g/mol. The van der Waals surface area contributed by atoms with Crippen LogP contribution in [0.1, 0.15) is 58.5 Å². The molecule has 3 heterocycles. The van der Waals surface area contributed by atoms with Crippen molar-refractivity contribution in [2.24, 2.45) is 5.73 Å². The number of amides is 1. The zero-order valence-corrected chi connectivity index (χ0v) is 33.1. The Labute approximate surface area is 318 Å². The van der Waals surface area contributed by atoms with Gasteiger partial charge in [-0.05, 0) is 6.82 Å². The van der Waals surface area contributed by atoms with E-state index in [0.717, 1.165) is 33.4 Å². The molecule has 0 fully saturated rings. The van der Waals surface area contributed by atoms with Crippen LogP contribution in [-0.4, -0.2) is 108 Å². The Balaban J connectivity index is 0.000000243. The van der Waals surface area contributed by atoms with Crippen molar-refractivity contribution in [3.8, 4) is 0 Å². The normalized spacial score (nSPS) is 11.8. The van der Waals surface area contributed by atoms with Crippen molar-refractivity contribution in [2.75, 3.05) is 6.54 Å². The summed E-state index contributed by atoms with van der Waals surface area (Å²) in [6.45, 7) is 8.05. The molecule has 5 rings (SSSR count). The summed E-state index contributed by atoms with van der Waals surface area (Å²) in [4.78, 5) is 36.3. The van der Waals surface area contributed by atoms with Gasteiger partial charge in [-0.25, -0.2) is 4.98 Å². The predicted molar refractivity (Wildman–Crippen MR) is 203 cm³/mol. The number of nitrogens with zero attached hydrogens (tertiary/aromatic N) is 4. The summed E-state index contributed by atoms with van der Waals surface area (Å²) in [5.41, 5.74) is 9.16. The molecule has 17 heteroatoms. The Morgan fingerprint density at radius 2 is 1.60 bits per heavy atom. The molecule has 0 bridgehead atoms. The predicted octanol–water partition coefficient (Wildman–Crippen LogP) is 2.34. The molecule has 2 aromatic carbocycles. The monoisotopic (exact) mass is 843 g/mol. The van der Waals surface area contributed by atoms with E-state index in [4.69, 9.17) is 20.2 Å². The molecule has 14 nitrogen and oxygen atoms in total. The molecular formula is C35H46BN9O5Se2. The molecule has 3 aromatic heterocycles. The first kappa shape index (κ1) is 42.2. The van der Waals surface area contributed by atoms with Gasteiger partial charge < -0.3 is 14.7 Å². The zero-order chi connectivity index (χ0) is 37.8. The number of rotatable bonds is 15. The summed E-state index contributed by atoms with van der Waals surface area (Å²) in [5.74, 6) is 0. The van der Waals surface area contributed by atoms with Crippen LogP contribution in [0.3, 0.4) is 0 Å². The Kier molecular flexibility index (Phi) is 18.4. The number of hydrogen-bond acceptors (Lipinski definition) is 11. The van der Waals surface area contributed by atoms with Gasteiger partial charge in [0.25, 0.3) is 6.47 Å². The fourth-order valence-electron chi connectivity index (χ4n) is 4.49. The van der Waals surface area contributed by atoms with Crippen LogP contribution in [0.4, 0.5) is 4.79 Å². The van der Waals surface area contributed by atoms with Crippen LogP contribution >= 0.6 is 0 Å². The maximum atomic E-state index is 12.3. The Morgan fingerprint density at radius 3 is 2.12 bits per heavy atom. The third-order valence-electron chi connectivity index (χ3n) is 6.73. The van der Waals surface area contributed by atoms with E-state index in [9.17, 15) is 9.59 Å². The van der Waals surface area contributed by atoms with E-state index in [1.54, 1.807) is 25.5 Å². The number of nitrogens with one attached hydrogen (secondary N) is 4. The molecule has 0 saturated carbocycles. The number of aromatic amines is 2. The van der Waals surface area contributed by atoms with Gasteiger partial charge in [-0.15, -0.1) is 0 Å². The Bertz CT molecular complexity index is 1720. The van der Waals surface area contributed by atoms with Crippen molar-refractivity contribution in [1.82, 2.24) is 40.7 Å². The molecule has 0 saturated heterocycles. The van der Waals surface area contributed by atoms with Crippen LogP contribution in [0, 0.1) is 0 Å². The van der Waals surface area contributed by atoms with Gasteiger partial charge in [-0.2, -0.15) is 0 Å². The number of hydrogen-bond donors (Lipinski definition) is 6. The number of ether oxygens (including phenoxy) is 2. The van der Waals surface area contributed by atoms with Crippen LogP contribution in [0.2, 0.25) is 6.82 Å². The zero-order valence-electron chi connectivity index (χ0n) is 29.7. The van der Waals surface area contributed by atoms with E-state index in [2.05, 4.69) is 80.5 Å². The second kappa shape index (κ2) is 22.7. The molecule has 0 aliphatic rings. The van der Waals surface area contributed by atoms with Crippen molar-refractivity contribution in [3.63, 3.8) is 0 Å². The Hall–Kier alpha value is -4.21. The van der Waals surface area contributed by atoms with E-state index in [-0.39, 0.29) is 20.5 Å². The van der Waals surface area contributed by atoms with Gasteiger partial charge in [0.1, 0.15) is 0 Å². The third kappa shape index (κ3) is 17.3. The summed E-state index contributed by atoms with van der Waals surface area (Å²) in [7, 11) is -0.733. The van der Waals surface area contributed by atoms with Crippen molar-refractivity contribution in [3.05, 3.63) is 117 Å². The molecule has 5 aromatic rings. The van der Waals surface area contributed by atoms with E-state index in [1.165, 1.54) is 21.9 Å². The summed E-state index contributed by atoms with van der Waals surface area (Å²) >= 11 is 2.95. The van der Waals surface area contributed by atoms with Gasteiger partial charge in [0.05, 0.1) is 6.33 Å². The standard InChI is InChI=1S/C19H23N5O2Se.C9H11NSe.C7H12BN3O3/c1-19(2,3)26-18(25)22-15(10-14-11-20-12-21-14)17-24-23-16(27-17)9-13-7-5-4-6-8-13;10-7-9(11)6-8-4-2-1-3-5-8;1-8(13)11-7(14-5-12)2-6-3-9-4-10-6/h4-8,11-12,15H,9-10H2,1-3H3,(H,20,21)(H,22,25);1-5H,6-7,10H2;3-5,7,11,13H,2H2,1H3,(H,9,10). The van der Waals surface area contributed by atoms with Crippen LogP contribution in [0.25, 0.3) is 0 Å². The average Bonchev–Trinajstić information content (AvgIpc) is 3.90. The number of benzene rings is 2. The van der Waals surface area contributed by atoms with Crippen LogP contribution in [-0.2, 0) is 40.0 Å². The van der Waals surface area contributed by atoms with Crippen molar-refractivity contribution < 1.29 is 24.1 Å². The van der Waals surface area contributed by atoms with E-state index in [1.807, 2.05) is 57.2 Å². The molecule has 0 aliphatic heterocycles. The van der Waals surface area contributed by atoms with Gasteiger partial charge in [-0.3, -0.25) is 10.0 Å². The van der Waals surface area contributed by atoms with Gasteiger partial charge >= 0.3 is 246 Å². The second-order valence-electron chi connectivity index (χ2n) is 12.4. The van der Waals surface area contributed by atoms with Crippen LogP contribution < -0.4 is 16.3 Å². The number of aromatic nitrogens is 6. The van der Waals surface area contributed by atoms with Crippen LogP contribution in [0.15, 0.2) is 85.7 Å². The van der Waals surface area contributed by atoms with Gasteiger partial charge in [0, 0.05) is 18.3 Å². The topological polar surface area (TPSA) is 206 Å². The molecule has 1 amide bonds. The molecule has 0 radical (unpaired) electrons. The summed E-state index contributed by atoms with van der Waals surface area (Å²) in [5, 5.41) is 23.4. The van der Waals surface area contributed by atoms with E-state index in [0.29, 0.717) is 25.9 Å². The van der Waals surface area contributed by atoms with Gasteiger partial charge in [-0.1, -0.05) is 0 Å². The third-order valence-corrected chi connectivity index (χ3v) is 9.56. The minimum absolute atomic E-state index is 0.0183. The summed E-state index contributed by atoms with van der Waals surface area (Å²) in [6.07, 6.45) is 8.26. The molecule has 2 unspecified atom stereocenters. The number of imidazole rings is 2. The minimum atomic E-state index is -0.733. The Morgan fingerprint density at radius 1 is 1.00 bits per heavy atom. The number of alkyl carbamates (subject to hydrolysis) is 1. The quantitative estimate of drug-likeness (QED) is 0.0513. The van der Waals surface area contributed by atoms with E-state index < -0.39 is 25.0 Å². The van der Waals surface area contributed by atoms with Gasteiger partial charge in [0.2, 0.25) is 0 Å².